The van der Waals surface area contributed by atoms with E-state index in [4.69, 9.17) is 16.8 Å². The lowest BCUT2D eigenvalue weighted by molar-refractivity contribution is -0.137. The highest BCUT2D eigenvalue weighted by Gasteiger charge is 2.35. The predicted octanol–water partition coefficient (Wildman–Crippen LogP) is 5.34. The van der Waals surface area contributed by atoms with Crippen LogP contribution in [0.15, 0.2) is 42.5 Å². The monoisotopic (exact) mass is 469 g/mol. The number of nitrogens with zero attached hydrogens (tertiary/aromatic N) is 2. The van der Waals surface area contributed by atoms with Crippen LogP contribution in [0, 0.1) is 5.92 Å². The van der Waals surface area contributed by atoms with Gasteiger partial charge in [0.05, 0.1) is 17.1 Å². The third-order valence-electron chi connectivity index (χ3n) is 5.51. The molecule has 6 nitrogen and oxygen atoms in total. The number of benzene rings is 2. The Morgan fingerprint density at radius 1 is 1.16 bits per heavy atom. The van der Waals surface area contributed by atoms with Crippen LogP contribution in [-0.2, 0) is 12.7 Å². The van der Waals surface area contributed by atoms with E-state index in [2.05, 4.69) is 6.92 Å². The normalized spacial score (nSPS) is 14.9. The number of amides is 3. The Morgan fingerprint density at radius 2 is 1.78 bits per heavy atom. The van der Waals surface area contributed by atoms with Gasteiger partial charge in [-0.1, -0.05) is 30.7 Å². The number of hydroxylamine groups is 1. The van der Waals surface area contributed by atoms with Gasteiger partial charge in [0.2, 0.25) is 0 Å². The number of carbonyl (C=O) groups excluding carboxylic acids is 2. The van der Waals surface area contributed by atoms with Crippen LogP contribution < -0.4 is 10.4 Å². The van der Waals surface area contributed by atoms with Crippen LogP contribution in [0.3, 0.4) is 0 Å². The van der Waals surface area contributed by atoms with E-state index in [-0.39, 0.29) is 17.8 Å². The van der Waals surface area contributed by atoms with Crippen molar-refractivity contribution in [2.75, 3.05) is 18.0 Å². The second kappa shape index (κ2) is 9.79. The summed E-state index contributed by atoms with van der Waals surface area (Å²) in [6.45, 7) is 3.13. The third kappa shape index (κ3) is 5.52. The topological polar surface area (TPSA) is 72.9 Å². The molecule has 10 heteroatoms. The molecule has 0 unspecified atom stereocenters. The molecule has 2 aromatic carbocycles. The molecule has 2 N–H and O–H groups in total. The van der Waals surface area contributed by atoms with Crippen molar-refractivity contribution >= 4 is 29.2 Å². The number of likely N-dealkylation sites (tertiary alicyclic amines) is 1. The number of alkyl halides is 3. The van der Waals surface area contributed by atoms with Crippen molar-refractivity contribution in [3.05, 3.63) is 64.2 Å². The average Bonchev–Trinajstić information content (AvgIpc) is 2.77. The van der Waals surface area contributed by atoms with E-state index in [0.29, 0.717) is 24.6 Å². The van der Waals surface area contributed by atoms with Crippen molar-refractivity contribution in [3.8, 4) is 0 Å². The lowest BCUT2D eigenvalue weighted by Gasteiger charge is -2.35. The van der Waals surface area contributed by atoms with Gasteiger partial charge in [-0.25, -0.2) is 10.3 Å². The van der Waals surface area contributed by atoms with Crippen molar-refractivity contribution in [2.45, 2.75) is 32.5 Å². The Labute approximate surface area is 188 Å². The zero-order chi connectivity index (χ0) is 23.5. The summed E-state index contributed by atoms with van der Waals surface area (Å²) in [6.07, 6.45) is -3.03. The lowest BCUT2D eigenvalue weighted by atomic mass is 9.99. The minimum absolute atomic E-state index is 0.00909. The molecule has 1 fully saturated rings. The molecule has 0 radical (unpaired) electrons. The largest absolute Gasteiger partial charge is 0.417 e. The molecule has 1 heterocycles. The molecule has 1 aliphatic rings. The first-order valence-corrected chi connectivity index (χ1v) is 10.4. The van der Waals surface area contributed by atoms with E-state index >= 15 is 0 Å². The predicted molar refractivity (Wildman–Crippen MR) is 114 cm³/mol. The molecule has 0 aromatic heterocycles. The molecule has 1 saturated heterocycles. The first-order chi connectivity index (χ1) is 15.1. The van der Waals surface area contributed by atoms with Crippen LogP contribution in [0.4, 0.5) is 23.7 Å². The highest BCUT2D eigenvalue weighted by atomic mass is 35.5. The summed E-state index contributed by atoms with van der Waals surface area (Å²) in [4.78, 5) is 27.8. The minimum Gasteiger partial charge on any atom is -0.324 e. The Morgan fingerprint density at radius 3 is 2.34 bits per heavy atom. The molecule has 1 aliphatic heterocycles. The third-order valence-corrected chi connectivity index (χ3v) is 5.84. The molecule has 172 valence electrons. The Bertz CT molecular complexity index is 975. The van der Waals surface area contributed by atoms with Crippen molar-refractivity contribution in [1.82, 2.24) is 10.4 Å². The van der Waals surface area contributed by atoms with Gasteiger partial charge in [0.1, 0.15) is 0 Å². The fraction of sp³-hybridized carbons (Fsp3) is 0.364. The van der Waals surface area contributed by atoms with Crippen LogP contribution in [-0.4, -0.2) is 35.1 Å². The van der Waals surface area contributed by atoms with E-state index in [1.165, 1.54) is 28.6 Å². The molecule has 0 atom stereocenters. The van der Waals surface area contributed by atoms with Crippen molar-refractivity contribution in [2.24, 2.45) is 5.92 Å². The zero-order valence-corrected chi connectivity index (χ0v) is 18.1. The van der Waals surface area contributed by atoms with E-state index in [9.17, 15) is 22.8 Å². The number of halogens is 4. The van der Waals surface area contributed by atoms with Gasteiger partial charge in [-0.05, 0) is 54.7 Å². The second-order valence-corrected chi connectivity index (χ2v) is 8.25. The van der Waals surface area contributed by atoms with Gasteiger partial charge in [-0.2, -0.15) is 13.2 Å². The molecule has 3 amide bonds. The number of piperidine rings is 1. The number of urea groups is 1. The number of hydrogen-bond donors (Lipinski definition) is 2. The van der Waals surface area contributed by atoms with E-state index < -0.39 is 28.7 Å². The van der Waals surface area contributed by atoms with Gasteiger partial charge in [-0.3, -0.25) is 14.9 Å². The molecular weight excluding hydrogens is 447 g/mol. The first kappa shape index (κ1) is 23.9. The molecular formula is C22H23ClF3N3O3. The van der Waals surface area contributed by atoms with Gasteiger partial charge in [0, 0.05) is 24.3 Å². The molecule has 0 aliphatic carbocycles. The van der Waals surface area contributed by atoms with Crippen molar-refractivity contribution in [1.29, 1.82) is 0 Å². The van der Waals surface area contributed by atoms with Gasteiger partial charge in [0.25, 0.3) is 5.91 Å². The van der Waals surface area contributed by atoms with Crippen molar-refractivity contribution < 1.29 is 28.0 Å². The summed E-state index contributed by atoms with van der Waals surface area (Å²) in [5.41, 5.74) is 1.38. The summed E-state index contributed by atoms with van der Waals surface area (Å²) in [5.74, 6) is -0.218. The van der Waals surface area contributed by atoms with Gasteiger partial charge < -0.3 is 4.90 Å². The molecule has 2 aromatic rings. The van der Waals surface area contributed by atoms with Gasteiger partial charge >= 0.3 is 12.2 Å². The number of carbonyl (C=O) groups is 2. The van der Waals surface area contributed by atoms with Crippen LogP contribution in [0.25, 0.3) is 0 Å². The maximum Gasteiger partial charge on any atom is 0.417 e. The molecule has 3 rings (SSSR count). The number of anilines is 1. The molecule has 32 heavy (non-hydrogen) atoms. The zero-order valence-electron chi connectivity index (χ0n) is 17.3. The second-order valence-electron chi connectivity index (χ2n) is 7.84. The van der Waals surface area contributed by atoms with Gasteiger partial charge in [0.15, 0.2) is 0 Å². The standard InChI is InChI=1S/C22H23ClF3N3O3/c1-14-8-10-28(11-9-14)21(31)29(13-15-2-4-16(5-3-15)20(30)27-32)17-6-7-19(23)18(12-17)22(24,25)26/h2-7,12,14,32H,8-11,13H2,1H3,(H,27,30). The summed E-state index contributed by atoms with van der Waals surface area (Å²) < 4.78 is 40.2. The van der Waals surface area contributed by atoms with E-state index in [0.717, 1.165) is 25.0 Å². The summed E-state index contributed by atoms with van der Waals surface area (Å²) in [6, 6.07) is 9.05. The maximum absolute atomic E-state index is 13.4. The Hall–Kier alpha value is -2.78. The fourth-order valence-electron chi connectivity index (χ4n) is 3.55. The van der Waals surface area contributed by atoms with Crippen LogP contribution in [0.1, 0.15) is 41.3 Å². The molecule has 0 spiro atoms. The SMILES string of the molecule is CC1CCN(C(=O)N(Cc2ccc(C(=O)NO)cc2)c2ccc(Cl)c(C(F)(F)F)c2)CC1. The van der Waals surface area contributed by atoms with E-state index in [1.54, 1.807) is 17.0 Å². The van der Waals surface area contributed by atoms with Crippen LogP contribution in [0.2, 0.25) is 5.02 Å². The number of rotatable bonds is 4. The summed E-state index contributed by atoms with van der Waals surface area (Å²) >= 11 is 5.76. The smallest absolute Gasteiger partial charge is 0.324 e. The average molecular weight is 470 g/mol. The van der Waals surface area contributed by atoms with Crippen LogP contribution >= 0.6 is 11.6 Å². The number of hydrogen-bond acceptors (Lipinski definition) is 3. The Balaban J connectivity index is 1.95. The Kier molecular flexibility index (Phi) is 7.30. The quantitative estimate of drug-likeness (QED) is 0.469. The molecule has 0 bridgehead atoms. The van der Waals surface area contributed by atoms with E-state index in [1.807, 2.05) is 0 Å². The number of nitrogens with one attached hydrogen (secondary N) is 1. The molecule has 0 saturated carbocycles. The van der Waals surface area contributed by atoms with Gasteiger partial charge in [-0.15, -0.1) is 0 Å². The highest BCUT2D eigenvalue weighted by molar-refractivity contribution is 6.31. The van der Waals surface area contributed by atoms with Crippen molar-refractivity contribution in [3.63, 3.8) is 0 Å². The maximum atomic E-state index is 13.4. The minimum atomic E-state index is -4.67. The summed E-state index contributed by atoms with van der Waals surface area (Å²) in [5, 5.41) is 8.30. The lowest BCUT2D eigenvalue weighted by Crippen LogP contribution is -2.46. The summed E-state index contributed by atoms with van der Waals surface area (Å²) in [7, 11) is 0. The fourth-order valence-corrected chi connectivity index (χ4v) is 3.77. The first-order valence-electron chi connectivity index (χ1n) is 10.1. The van der Waals surface area contributed by atoms with Crippen LogP contribution in [0.5, 0.6) is 0 Å². The highest BCUT2D eigenvalue weighted by Crippen LogP contribution is 2.37.